The maximum absolute atomic E-state index is 6.44. The highest BCUT2D eigenvalue weighted by Gasteiger charge is 2.52. The maximum Gasteiger partial charge on any atom is 0.496 e. The van der Waals surface area contributed by atoms with E-state index in [-0.39, 0.29) is 18.3 Å². The Morgan fingerprint density at radius 2 is 1.15 bits per heavy atom. The second-order valence-electron chi connectivity index (χ2n) is 10.6. The Morgan fingerprint density at radius 1 is 0.667 bits per heavy atom. The van der Waals surface area contributed by atoms with Crippen LogP contribution in [0.3, 0.4) is 0 Å². The molecule has 0 saturated carbocycles. The first kappa shape index (κ1) is 23.0. The normalized spacial score (nSPS) is 17.3. The van der Waals surface area contributed by atoms with Crippen LogP contribution in [0, 0.1) is 0 Å². The van der Waals surface area contributed by atoms with Crippen LogP contribution in [0.25, 0.3) is 31.3 Å². The SMILES string of the molecule is Bc1c(B)c(B)c(-c2cccc3c2sc2c(B4OC(C)(C)C(C)(C)O4)cccc23)c(B)c1B. The van der Waals surface area contributed by atoms with E-state index in [0.29, 0.717) is 0 Å². The van der Waals surface area contributed by atoms with Gasteiger partial charge < -0.3 is 9.31 Å². The molecule has 1 fully saturated rings. The summed E-state index contributed by atoms with van der Waals surface area (Å²) in [4.78, 5) is 0. The average Bonchev–Trinajstić information content (AvgIpc) is 3.25. The monoisotopic (exact) mass is 446 g/mol. The summed E-state index contributed by atoms with van der Waals surface area (Å²) < 4.78 is 15.5. The molecule has 1 aliphatic heterocycles. The minimum atomic E-state index is -0.359. The van der Waals surface area contributed by atoms with E-state index >= 15 is 0 Å². The van der Waals surface area contributed by atoms with Crippen molar-refractivity contribution in [1.82, 2.24) is 0 Å². The zero-order valence-electron chi connectivity index (χ0n) is 21.3. The summed E-state index contributed by atoms with van der Waals surface area (Å²) in [6, 6.07) is 13.3. The minimum Gasteiger partial charge on any atom is -0.399 e. The first-order valence-corrected chi connectivity index (χ1v) is 12.6. The Kier molecular flexibility index (Phi) is 5.28. The fourth-order valence-electron chi connectivity index (χ4n) is 5.10. The number of hydrogen-bond donors (Lipinski definition) is 0. The van der Waals surface area contributed by atoms with E-state index in [4.69, 9.17) is 9.31 Å². The van der Waals surface area contributed by atoms with Crippen LogP contribution in [0.5, 0.6) is 0 Å². The van der Waals surface area contributed by atoms with Gasteiger partial charge in [-0.2, -0.15) is 0 Å². The molecule has 5 rings (SSSR count). The Balaban J connectivity index is 1.77. The Hall–Kier alpha value is -1.81. The molecular weight excluding hydrogens is 417 g/mol. The summed E-state index contributed by atoms with van der Waals surface area (Å²) in [6.45, 7) is 8.46. The van der Waals surface area contributed by atoms with Crippen molar-refractivity contribution in [2.45, 2.75) is 38.9 Å². The van der Waals surface area contributed by atoms with Crippen molar-refractivity contribution < 1.29 is 9.31 Å². The van der Waals surface area contributed by atoms with Gasteiger partial charge in [0.25, 0.3) is 0 Å². The molecule has 0 aliphatic carbocycles. The van der Waals surface area contributed by atoms with Gasteiger partial charge in [0.1, 0.15) is 39.2 Å². The van der Waals surface area contributed by atoms with Gasteiger partial charge in [-0.3, -0.25) is 0 Å². The van der Waals surface area contributed by atoms with Gasteiger partial charge in [-0.1, -0.05) is 47.3 Å². The van der Waals surface area contributed by atoms with E-state index in [1.807, 2.05) is 11.3 Å². The fourth-order valence-corrected chi connectivity index (χ4v) is 6.44. The van der Waals surface area contributed by atoms with Gasteiger partial charge in [-0.25, -0.2) is 0 Å². The molecule has 1 aliphatic rings. The van der Waals surface area contributed by atoms with Crippen LogP contribution in [-0.2, 0) is 9.31 Å². The van der Waals surface area contributed by atoms with Gasteiger partial charge in [-0.05, 0) is 44.2 Å². The first-order chi connectivity index (χ1) is 15.4. The van der Waals surface area contributed by atoms with Gasteiger partial charge in [-0.15, -0.1) is 27.7 Å². The van der Waals surface area contributed by atoms with Crippen LogP contribution in [0.1, 0.15) is 27.7 Å². The molecular formula is C24H28B6O2S. The van der Waals surface area contributed by atoms with Crippen molar-refractivity contribution >= 4 is 111 Å². The molecule has 1 saturated heterocycles. The zero-order valence-corrected chi connectivity index (χ0v) is 22.1. The molecule has 0 N–H and O–H groups in total. The van der Waals surface area contributed by atoms with E-state index in [2.05, 4.69) is 103 Å². The Bertz CT molecular complexity index is 1400. The van der Waals surface area contributed by atoms with Crippen LogP contribution in [-0.4, -0.2) is 57.6 Å². The van der Waals surface area contributed by atoms with Gasteiger partial charge in [0.2, 0.25) is 0 Å². The summed E-state index contributed by atoms with van der Waals surface area (Å²) in [5, 5.41) is 2.58. The smallest absolute Gasteiger partial charge is 0.399 e. The van der Waals surface area contributed by atoms with E-state index in [1.165, 1.54) is 58.6 Å². The molecule has 9 heteroatoms. The predicted octanol–water partition coefficient (Wildman–Crippen LogP) is -2.69. The van der Waals surface area contributed by atoms with Crippen molar-refractivity contribution in [3.05, 3.63) is 36.4 Å². The molecule has 2 heterocycles. The van der Waals surface area contributed by atoms with Gasteiger partial charge in [0.15, 0.2) is 0 Å². The lowest BCUT2D eigenvalue weighted by Gasteiger charge is -2.32. The van der Waals surface area contributed by atoms with E-state index in [1.54, 1.807) is 0 Å². The van der Waals surface area contributed by atoms with Crippen molar-refractivity contribution in [1.29, 1.82) is 0 Å². The molecule has 4 aromatic rings. The second-order valence-corrected chi connectivity index (χ2v) is 11.6. The van der Waals surface area contributed by atoms with Gasteiger partial charge in [0.05, 0.1) is 11.2 Å². The lowest BCUT2D eigenvalue weighted by Crippen LogP contribution is -2.55. The number of benzene rings is 3. The Labute approximate surface area is 206 Å². The molecule has 0 radical (unpaired) electrons. The molecule has 33 heavy (non-hydrogen) atoms. The molecule has 0 unspecified atom stereocenters. The Morgan fingerprint density at radius 3 is 1.73 bits per heavy atom. The summed E-state index contributed by atoms with van der Waals surface area (Å²) in [5.74, 6) is 0. The van der Waals surface area contributed by atoms with Crippen LogP contribution in [0.4, 0.5) is 0 Å². The highest BCUT2D eigenvalue weighted by molar-refractivity contribution is 7.27. The first-order valence-electron chi connectivity index (χ1n) is 11.8. The third-order valence-corrected chi connectivity index (χ3v) is 9.64. The lowest BCUT2D eigenvalue weighted by molar-refractivity contribution is 0.00578. The van der Waals surface area contributed by atoms with Gasteiger partial charge >= 0.3 is 7.12 Å². The minimum absolute atomic E-state index is 0.354. The van der Waals surface area contributed by atoms with Crippen LogP contribution < -0.4 is 32.8 Å². The molecule has 3 aromatic carbocycles. The van der Waals surface area contributed by atoms with Crippen molar-refractivity contribution in [3.63, 3.8) is 0 Å². The zero-order chi connectivity index (χ0) is 23.9. The van der Waals surface area contributed by atoms with Gasteiger partial charge in [0, 0.05) is 20.2 Å². The topological polar surface area (TPSA) is 18.5 Å². The van der Waals surface area contributed by atoms with Crippen LogP contribution in [0.15, 0.2) is 36.4 Å². The van der Waals surface area contributed by atoms with Crippen LogP contribution >= 0.6 is 11.3 Å². The number of fused-ring (bicyclic) bond motifs is 3. The summed E-state index contributed by atoms with van der Waals surface area (Å²) in [5.41, 5.74) is 10.1. The van der Waals surface area contributed by atoms with Crippen molar-refractivity contribution in [2.75, 3.05) is 0 Å². The molecule has 0 spiro atoms. The molecule has 0 bridgehead atoms. The lowest BCUT2D eigenvalue weighted by atomic mass is 9.59. The standard InChI is InChI=1S/C24H28B6O2S/c1-23(2)24(3,4)32-30(31-23)14-10-6-8-12-11-7-5-9-13(21(11)33-22(12)14)15-16(25)18(27)20(29)19(28)17(15)26/h5-10H,25-29H2,1-4H3. The second kappa shape index (κ2) is 7.60. The third kappa shape index (κ3) is 3.31. The number of thiophene rings is 1. The molecule has 0 atom stereocenters. The molecule has 1 aromatic heterocycles. The van der Waals surface area contributed by atoms with Crippen LogP contribution in [0.2, 0.25) is 0 Å². The van der Waals surface area contributed by atoms with Crippen molar-refractivity contribution in [2.24, 2.45) is 0 Å². The number of hydrogen-bond acceptors (Lipinski definition) is 3. The molecule has 0 amide bonds. The third-order valence-electron chi connectivity index (χ3n) is 8.33. The van der Waals surface area contributed by atoms with E-state index in [9.17, 15) is 0 Å². The van der Waals surface area contributed by atoms with Crippen molar-refractivity contribution in [3.8, 4) is 11.1 Å². The average molecular weight is 445 g/mol. The highest BCUT2D eigenvalue weighted by atomic mass is 32.1. The maximum atomic E-state index is 6.44. The molecule has 2 nitrogen and oxygen atoms in total. The largest absolute Gasteiger partial charge is 0.496 e. The fraction of sp³-hybridized carbons (Fsp3) is 0.250. The quantitative estimate of drug-likeness (QED) is 0.313. The van der Waals surface area contributed by atoms with E-state index < -0.39 is 0 Å². The summed E-state index contributed by atoms with van der Waals surface area (Å²) >= 11 is 1.87. The summed E-state index contributed by atoms with van der Waals surface area (Å²) in [7, 11) is 10.9. The molecule has 160 valence electrons. The number of rotatable bonds is 2. The van der Waals surface area contributed by atoms with E-state index in [0.717, 1.165) is 5.46 Å². The highest BCUT2D eigenvalue weighted by Crippen LogP contribution is 2.41. The summed E-state index contributed by atoms with van der Waals surface area (Å²) in [6.07, 6.45) is 0. The predicted molar refractivity (Wildman–Crippen MR) is 161 cm³/mol.